The van der Waals surface area contributed by atoms with Crippen molar-refractivity contribution < 1.29 is 23.9 Å². The minimum atomic E-state index is -0.692. The smallest absolute Gasteiger partial charge is 0.410 e. The number of aliphatic hydroxyl groups excluding tert-OH is 1. The lowest BCUT2D eigenvalue weighted by atomic mass is 9.90. The molecule has 9 heteroatoms. The lowest BCUT2D eigenvalue weighted by molar-refractivity contribution is 0.141. The molecular formula is C26H28N4O5. The number of ether oxygens (including phenoxy) is 2. The van der Waals surface area contributed by atoms with Crippen molar-refractivity contribution in [2.75, 3.05) is 19.8 Å². The van der Waals surface area contributed by atoms with Crippen LogP contribution in [0.25, 0.3) is 17.0 Å². The Bertz CT molecular complexity index is 1250. The number of aromatic nitrogens is 2. The molecule has 1 aromatic heterocycles. The lowest BCUT2D eigenvalue weighted by Crippen LogP contribution is -2.47. The molecule has 2 aromatic rings. The van der Waals surface area contributed by atoms with Gasteiger partial charge in [0.2, 0.25) is 5.82 Å². The fourth-order valence-electron chi connectivity index (χ4n) is 4.62. The third-order valence-corrected chi connectivity index (χ3v) is 6.24. The molecule has 0 unspecified atom stereocenters. The number of carbonyl (C=O) groups is 1. The van der Waals surface area contributed by atoms with Crippen LogP contribution in [-0.4, -0.2) is 57.6 Å². The Balaban J connectivity index is 1.70. The van der Waals surface area contributed by atoms with E-state index < -0.39 is 11.6 Å². The first-order valence-electron chi connectivity index (χ1n) is 11.5. The highest BCUT2D eigenvalue weighted by Crippen LogP contribution is 2.48. The lowest BCUT2D eigenvalue weighted by Gasteiger charge is -2.32. The second-order valence-electron chi connectivity index (χ2n) is 8.74. The van der Waals surface area contributed by atoms with E-state index >= 15 is 0 Å². The normalized spacial score (nSPS) is 21.3. The van der Waals surface area contributed by atoms with Crippen LogP contribution in [0.1, 0.15) is 45.0 Å². The van der Waals surface area contributed by atoms with E-state index in [-0.39, 0.29) is 31.8 Å². The maximum absolute atomic E-state index is 12.3. The average Bonchev–Trinajstić information content (AvgIpc) is 3.53. The molecule has 1 saturated carbocycles. The van der Waals surface area contributed by atoms with Gasteiger partial charge in [0.25, 0.3) is 5.89 Å². The number of hydrogen-bond acceptors (Lipinski definition) is 8. The van der Waals surface area contributed by atoms with Gasteiger partial charge in [-0.25, -0.2) is 4.79 Å². The van der Waals surface area contributed by atoms with Gasteiger partial charge in [0.15, 0.2) is 0 Å². The number of nitrogens with zero attached hydrogens (tertiary/aromatic N) is 4. The molecule has 2 aliphatic rings. The van der Waals surface area contributed by atoms with Crippen LogP contribution in [0.2, 0.25) is 0 Å². The summed E-state index contributed by atoms with van der Waals surface area (Å²) in [5, 5.41) is 23.2. The number of benzene rings is 1. The SMILES string of the molecule is C=C1/C(=C(\C=C/C)c2noc(-c3ccc(OC(C)C)c(C#N)c3)n2)CC[C@@]12COC(=O)N2CCO. The Labute approximate surface area is 203 Å². The van der Waals surface area contributed by atoms with Gasteiger partial charge in [0.05, 0.1) is 18.3 Å². The molecule has 1 spiro atoms. The van der Waals surface area contributed by atoms with Crippen molar-refractivity contribution in [3.8, 4) is 23.3 Å². The van der Waals surface area contributed by atoms with Crippen molar-refractivity contribution in [3.05, 3.63) is 59.5 Å². The molecule has 1 aromatic carbocycles. The van der Waals surface area contributed by atoms with E-state index in [9.17, 15) is 15.2 Å². The zero-order chi connectivity index (χ0) is 25.2. The van der Waals surface area contributed by atoms with E-state index in [1.165, 1.54) is 0 Å². The predicted octanol–water partition coefficient (Wildman–Crippen LogP) is 4.26. The van der Waals surface area contributed by atoms with Gasteiger partial charge in [-0.3, -0.25) is 4.90 Å². The third kappa shape index (κ3) is 4.33. The first kappa shape index (κ1) is 24.2. The van der Waals surface area contributed by atoms with Crippen molar-refractivity contribution >= 4 is 11.7 Å². The Hall–Kier alpha value is -3.90. The topological polar surface area (TPSA) is 122 Å². The number of β-amino-alcohol motifs (C(OH)–C–C–N with tert-alkyl or cyclic N) is 1. The Morgan fingerprint density at radius 1 is 1.46 bits per heavy atom. The van der Waals surface area contributed by atoms with Crippen LogP contribution in [0, 0.1) is 11.3 Å². The Morgan fingerprint density at radius 2 is 2.26 bits per heavy atom. The minimum absolute atomic E-state index is 0.0605. The van der Waals surface area contributed by atoms with Crippen LogP contribution in [0.15, 0.2) is 52.6 Å². The molecule has 4 rings (SSSR count). The molecule has 1 aliphatic carbocycles. The molecule has 1 atom stereocenters. The van der Waals surface area contributed by atoms with Crippen LogP contribution >= 0.6 is 0 Å². The zero-order valence-corrected chi connectivity index (χ0v) is 20.1. The van der Waals surface area contributed by atoms with E-state index in [4.69, 9.17) is 14.0 Å². The Kier molecular flexibility index (Phi) is 6.76. The summed E-state index contributed by atoms with van der Waals surface area (Å²) in [5.74, 6) is 1.15. The van der Waals surface area contributed by atoms with Crippen LogP contribution in [0.4, 0.5) is 4.79 Å². The van der Waals surface area contributed by atoms with Gasteiger partial charge in [-0.1, -0.05) is 23.9 Å². The van der Waals surface area contributed by atoms with Crippen molar-refractivity contribution in [1.29, 1.82) is 5.26 Å². The fourth-order valence-corrected chi connectivity index (χ4v) is 4.62. The molecule has 0 radical (unpaired) electrons. The summed E-state index contributed by atoms with van der Waals surface area (Å²) in [4.78, 5) is 18.4. The van der Waals surface area contributed by atoms with Gasteiger partial charge in [-0.15, -0.1) is 0 Å². The summed E-state index contributed by atoms with van der Waals surface area (Å²) in [6.07, 6.45) is 4.53. The van der Waals surface area contributed by atoms with Crippen molar-refractivity contribution in [1.82, 2.24) is 15.0 Å². The van der Waals surface area contributed by atoms with Crippen molar-refractivity contribution in [3.63, 3.8) is 0 Å². The van der Waals surface area contributed by atoms with E-state index in [0.717, 1.165) is 16.7 Å². The second kappa shape index (κ2) is 9.76. The number of hydrogen-bond donors (Lipinski definition) is 1. The highest BCUT2D eigenvalue weighted by molar-refractivity contribution is 5.81. The van der Waals surface area contributed by atoms with E-state index in [1.807, 2.05) is 32.9 Å². The van der Waals surface area contributed by atoms with Crippen LogP contribution in [0.3, 0.4) is 0 Å². The number of rotatable bonds is 7. The number of allylic oxidation sites excluding steroid dienone is 3. The van der Waals surface area contributed by atoms with Crippen LogP contribution < -0.4 is 4.74 Å². The summed E-state index contributed by atoms with van der Waals surface area (Å²) >= 11 is 0. The summed E-state index contributed by atoms with van der Waals surface area (Å²) in [6, 6.07) is 7.31. The summed E-state index contributed by atoms with van der Waals surface area (Å²) in [7, 11) is 0. The highest BCUT2D eigenvalue weighted by Gasteiger charge is 2.53. The minimum Gasteiger partial charge on any atom is -0.490 e. The number of cyclic esters (lactones) is 1. The second-order valence-corrected chi connectivity index (χ2v) is 8.74. The largest absolute Gasteiger partial charge is 0.490 e. The highest BCUT2D eigenvalue weighted by atomic mass is 16.6. The maximum Gasteiger partial charge on any atom is 0.410 e. The predicted molar refractivity (Wildman–Crippen MR) is 128 cm³/mol. The molecule has 1 saturated heterocycles. The molecule has 1 aliphatic heterocycles. The number of carbonyl (C=O) groups excluding carboxylic acids is 1. The number of nitriles is 1. The first-order valence-corrected chi connectivity index (χ1v) is 11.5. The monoisotopic (exact) mass is 476 g/mol. The molecule has 9 nitrogen and oxygen atoms in total. The summed E-state index contributed by atoms with van der Waals surface area (Å²) in [5.41, 5.74) is 2.69. The number of aliphatic hydroxyl groups is 1. The number of amides is 1. The molecule has 0 bridgehead atoms. The Morgan fingerprint density at radius 3 is 2.94 bits per heavy atom. The molecule has 2 fully saturated rings. The van der Waals surface area contributed by atoms with Gasteiger partial charge >= 0.3 is 6.09 Å². The average molecular weight is 477 g/mol. The van der Waals surface area contributed by atoms with E-state index in [0.29, 0.717) is 35.5 Å². The van der Waals surface area contributed by atoms with Gasteiger partial charge in [-0.05, 0) is 63.0 Å². The van der Waals surface area contributed by atoms with Crippen molar-refractivity contribution in [2.45, 2.75) is 45.3 Å². The molecule has 1 amide bonds. The van der Waals surface area contributed by atoms with Crippen molar-refractivity contribution in [2.24, 2.45) is 0 Å². The maximum atomic E-state index is 12.3. The first-order chi connectivity index (χ1) is 16.8. The molecule has 2 heterocycles. The third-order valence-electron chi connectivity index (χ3n) is 6.24. The summed E-state index contributed by atoms with van der Waals surface area (Å²) in [6.45, 7) is 10.2. The molecule has 35 heavy (non-hydrogen) atoms. The zero-order valence-electron chi connectivity index (χ0n) is 20.1. The molecule has 1 N–H and O–H groups in total. The van der Waals surface area contributed by atoms with Gasteiger partial charge < -0.3 is 19.1 Å². The van der Waals surface area contributed by atoms with E-state index in [1.54, 1.807) is 23.1 Å². The molecular weight excluding hydrogens is 448 g/mol. The van der Waals surface area contributed by atoms with E-state index in [2.05, 4.69) is 22.8 Å². The standard InChI is InChI=1S/C26H28N4O5/c1-5-6-21(20-9-10-26(17(20)4)15-33-25(32)30(26)11-12-31)23-28-24(35-29-23)18-7-8-22(34-16(2)3)19(13-18)14-27/h5-8,13,16,31H,4,9-12,15H2,1-3H3/b6-5-,21-20+/t26-/m1/s1. The molecule has 182 valence electrons. The fraction of sp³-hybridized carbons (Fsp3) is 0.385. The quantitative estimate of drug-likeness (QED) is 0.629. The van der Waals surface area contributed by atoms with Crippen LogP contribution in [0.5, 0.6) is 5.75 Å². The van der Waals surface area contributed by atoms with Gasteiger partial charge in [0, 0.05) is 17.7 Å². The van der Waals surface area contributed by atoms with Gasteiger partial charge in [-0.2, -0.15) is 10.2 Å². The van der Waals surface area contributed by atoms with Gasteiger partial charge in [0.1, 0.15) is 24.0 Å². The van der Waals surface area contributed by atoms with Crippen LogP contribution in [-0.2, 0) is 4.74 Å². The summed E-state index contributed by atoms with van der Waals surface area (Å²) < 4.78 is 16.6.